The second-order valence-electron chi connectivity index (χ2n) is 8.37. The number of phenols is 1. The molecule has 0 saturated carbocycles. The number of phenolic OH excluding ortho intramolecular Hbond substituents is 1. The van der Waals surface area contributed by atoms with Gasteiger partial charge in [-0.15, -0.1) is 0 Å². The van der Waals surface area contributed by atoms with Gasteiger partial charge in [0.05, 0.1) is 22.5 Å². The summed E-state index contributed by atoms with van der Waals surface area (Å²) in [6.45, 7) is 0. The van der Waals surface area contributed by atoms with Gasteiger partial charge in [0.2, 0.25) is 0 Å². The third kappa shape index (κ3) is 4.43. The van der Waals surface area contributed by atoms with Gasteiger partial charge >= 0.3 is 12.1 Å². The number of benzene rings is 4. The fourth-order valence-corrected chi connectivity index (χ4v) is 4.19. The third-order valence-corrected chi connectivity index (χ3v) is 5.98. The lowest BCUT2D eigenvalue weighted by Crippen LogP contribution is -2.26. The van der Waals surface area contributed by atoms with E-state index in [1.165, 1.54) is 30.3 Å². The van der Waals surface area contributed by atoms with Gasteiger partial charge < -0.3 is 10.2 Å². The van der Waals surface area contributed by atoms with Gasteiger partial charge in [0.25, 0.3) is 5.91 Å². The average Bonchev–Trinajstić information content (AvgIpc) is 3.18. The van der Waals surface area contributed by atoms with E-state index in [9.17, 15) is 33.0 Å². The van der Waals surface area contributed by atoms with Gasteiger partial charge in [0.1, 0.15) is 5.75 Å². The molecule has 3 N–H and O–H groups in total. The number of aromatic hydroxyl groups is 1. The van der Waals surface area contributed by atoms with Crippen molar-refractivity contribution < 1.29 is 33.0 Å². The molecule has 1 heterocycles. The van der Waals surface area contributed by atoms with E-state index in [0.717, 1.165) is 17.0 Å². The van der Waals surface area contributed by atoms with E-state index in [1.54, 1.807) is 48.5 Å². The van der Waals surface area contributed by atoms with Crippen molar-refractivity contribution in [3.05, 3.63) is 108 Å². The zero-order chi connectivity index (χ0) is 27.0. The second kappa shape index (κ2) is 9.40. The highest BCUT2D eigenvalue weighted by atomic mass is 19.4. The Hall–Kier alpha value is -5.12. The number of hydrazone groups is 1. The van der Waals surface area contributed by atoms with Gasteiger partial charge in [0, 0.05) is 16.8 Å². The van der Waals surface area contributed by atoms with Gasteiger partial charge in [-0.05, 0) is 48.0 Å². The second-order valence-corrected chi connectivity index (χ2v) is 8.37. The summed E-state index contributed by atoms with van der Waals surface area (Å²) in [5, 5.41) is 24.3. The minimum Gasteiger partial charge on any atom is -0.505 e. The largest absolute Gasteiger partial charge is 0.505 e. The first-order valence-electron chi connectivity index (χ1n) is 11.3. The van der Waals surface area contributed by atoms with E-state index in [0.29, 0.717) is 22.4 Å². The number of para-hydroxylation sites is 2. The van der Waals surface area contributed by atoms with Crippen molar-refractivity contribution in [3.8, 4) is 16.9 Å². The number of carboxylic acid groups (broad SMARTS) is 1. The number of hydrogen-bond acceptors (Lipinski definition) is 5. The van der Waals surface area contributed by atoms with Crippen LogP contribution in [0.2, 0.25) is 0 Å². The van der Waals surface area contributed by atoms with Crippen LogP contribution in [-0.2, 0) is 11.0 Å². The molecule has 0 aliphatic carbocycles. The number of nitrogens with one attached hydrogen (secondary N) is 1. The molecule has 1 aliphatic rings. The van der Waals surface area contributed by atoms with E-state index in [-0.39, 0.29) is 28.4 Å². The number of anilines is 3. The molecule has 0 atom stereocenters. The van der Waals surface area contributed by atoms with E-state index < -0.39 is 23.6 Å². The van der Waals surface area contributed by atoms with Crippen molar-refractivity contribution in [2.75, 3.05) is 10.3 Å². The van der Waals surface area contributed by atoms with Crippen LogP contribution < -0.4 is 10.3 Å². The topological polar surface area (TPSA) is 102 Å². The molecule has 7 nitrogen and oxygen atoms in total. The number of alkyl halides is 3. The van der Waals surface area contributed by atoms with Crippen LogP contribution >= 0.6 is 0 Å². The monoisotopic (exact) mass is 517 g/mol. The molecule has 0 radical (unpaired) electrons. The lowest BCUT2D eigenvalue weighted by atomic mass is 10.0. The van der Waals surface area contributed by atoms with Crippen LogP contribution in [0.25, 0.3) is 11.1 Å². The number of carbonyl (C=O) groups is 2. The minimum atomic E-state index is -4.58. The molecule has 10 heteroatoms. The molecule has 0 aromatic heterocycles. The first-order chi connectivity index (χ1) is 18.1. The Balaban J connectivity index is 1.51. The zero-order valence-corrected chi connectivity index (χ0v) is 19.4. The van der Waals surface area contributed by atoms with Crippen molar-refractivity contribution in [2.24, 2.45) is 5.10 Å². The summed E-state index contributed by atoms with van der Waals surface area (Å²) in [5.41, 5.74) is 3.49. The number of aromatic carboxylic acids is 1. The molecular weight excluding hydrogens is 499 g/mol. The van der Waals surface area contributed by atoms with E-state index >= 15 is 0 Å². The fourth-order valence-electron chi connectivity index (χ4n) is 4.19. The number of hydrogen-bond donors (Lipinski definition) is 3. The van der Waals surface area contributed by atoms with Gasteiger partial charge in [-0.3, -0.25) is 15.1 Å². The standard InChI is InChI=1S/C28H18F3N3O4/c29-28(30,31)18-8-4-9-19(15-18)34-23-13-2-1-10-21(23)24(26(34)36)33-32-22-12-5-11-20(25(22)35)16-6-3-7-17(14-16)27(37)38/h1-15,32,35H,(H,37,38). The molecule has 0 unspecified atom stereocenters. The van der Waals surface area contributed by atoms with Crippen LogP contribution in [0.3, 0.4) is 0 Å². The van der Waals surface area contributed by atoms with E-state index in [1.807, 2.05) is 0 Å². The molecule has 1 amide bonds. The number of carbonyl (C=O) groups excluding carboxylic acids is 1. The molecule has 0 bridgehead atoms. The molecule has 190 valence electrons. The Morgan fingerprint density at radius 1 is 0.868 bits per heavy atom. The molecule has 1 aliphatic heterocycles. The van der Waals surface area contributed by atoms with Crippen LogP contribution in [0.4, 0.5) is 30.2 Å². The first-order valence-corrected chi connectivity index (χ1v) is 11.3. The quantitative estimate of drug-likeness (QED) is 0.214. The summed E-state index contributed by atoms with van der Waals surface area (Å²) < 4.78 is 39.9. The maximum atomic E-state index is 13.4. The van der Waals surface area contributed by atoms with Crippen molar-refractivity contribution in [1.29, 1.82) is 0 Å². The lowest BCUT2D eigenvalue weighted by Gasteiger charge is -2.18. The molecular formula is C28H18F3N3O4. The van der Waals surface area contributed by atoms with Crippen LogP contribution in [0.15, 0.2) is 96.1 Å². The highest BCUT2D eigenvalue weighted by Gasteiger charge is 2.37. The maximum Gasteiger partial charge on any atom is 0.416 e. The zero-order valence-electron chi connectivity index (χ0n) is 19.4. The Kier molecular flexibility index (Phi) is 6.08. The average molecular weight is 517 g/mol. The number of halogens is 3. The van der Waals surface area contributed by atoms with E-state index in [2.05, 4.69) is 10.5 Å². The van der Waals surface area contributed by atoms with Crippen molar-refractivity contribution in [2.45, 2.75) is 6.18 Å². The summed E-state index contributed by atoms with van der Waals surface area (Å²) in [6.07, 6.45) is -4.58. The first kappa shape index (κ1) is 24.6. The number of rotatable bonds is 5. The highest BCUT2D eigenvalue weighted by molar-refractivity contribution is 6.55. The summed E-state index contributed by atoms with van der Waals surface area (Å²) in [5.74, 6) is -1.99. The Bertz CT molecular complexity index is 1620. The SMILES string of the molecule is O=C(O)c1cccc(-c2cccc(NN=C3C(=O)N(c4cccc(C(F)(F)F)c4)c4ccccc43)c2O)c1. The minimum absolute atomic E-state index is 0.0330. The molecule has 4 aromatic carbocycles. The Morgan fingerprint density at radius 3 is 2.34 bits per heavy atom. The molecule has 0 spiro atoms. The summed E-state index contributed by atoms with van der Waals surface area (Å²) in [7, 11) is 0. The summed E-state index contributed by atoms with van der Waals surface area (Å²) in [6, 6.07) is 21.8. The number of amides is 1. The molecule has 38 heavy (non-hydrogen) atoms. The number of carboxylic acids is 1. The predicted molar refractivity (Wildman–Crippen MR) is 136 cm³/mol. The fraction of sp³-hybridized carbons (Fsp3) is 0.0357. The highest BCUT2D eigenvalue weighted by Crippen LogP contribution is 2.39. The smallest absolute Gasteiger partial charge is 0.416 e. The normalized spacial score (nSPS) is 14.0. The molecule has 5 rings (SSSR count). The van der Waals surface area contributed by atoms with Crippen molar-refractivity contribution in [3.63, 3.8) is 0 Å². The Morgan fingerprint density at radius 2 is 1.58 bits per heavy atom. The van der Waals surface area contributed by atoms with Gasteiger partial charge in [0.15, 0.2) is 5.71 Å². The molecule has 0 saturated heterocycles. The van der Waals surface area contributed by atoms with Crippen LogP contribution in [0.1, 0.15) is 21.5 Å². The van der Waals surface area contributed by atoms with E-state index in [4.69, 9.17) is 0 Å². The third-order valence-electron chi connectivity index (χ3n) is 5.98. The van der Waals surface area contributed by atoms with Gasteiger partial charge in [-0.25, -0.2) is 4.79 Å². The molecule has 4 aromatic rings. The van der Waals surface area contributed by atoms with Crippen LogP contribution in [-0.4, -0.2) is 27.8 Å². The van der Waals surface area contributed by atoms with Crippen molar-refractivity contribution in [1.82, 2.24) is 0 Å². The van der Waals surface area contributed by atoms with Gasteiger partial charge in [-0.1, -0.05) is 48.5 Å². The summed E-state index contributed by atoms with van der Waals surface area (Å²) >= 11 is 0. The number of fused-ring (bicyclic) bond motifs is 1. The van der Waals surface area contributed by atoms with Crippen LogP contribution in [0, 0.1) is 0 Å². The number of nitrogens with zero attached hydrogens (tertiary/aromatic N) is 2. The van der Waals surface area contributed by atoms with Crippen molar-refractivity contribution >= 4 is 34.7 Å². The Labute approximate surface area is 214 Å². The lowest BCUT2D eigenvalue weighted by molar-refractivity contribution is -0.137. The van der Waals surface area contributed by atoms with Crippen LogP contribution in [0.5, 0.6) is 5.75 Å². The predicted octanol–water partition coefficient (Wildman–Crippen LogP) is 6.27. The van der Waals surface area contributed by atoms with Gasteiger partial charge in [-0.2, -0.15) is 18.3 Å². The summed E-state index contributed by atoms with van der Waals surface area (Å²) in [4.78, 5) is 25.9. The molecule has 0 fully saturated rings. The maximum absolute atomic E-state index is 13.4.